The van der Waals surface area contributed by atoms with Gasteiger partial charge in [-0.1, -0.05) is 30.7 Å². The first kappa shape index (κ1) is 15.0. The third-order valence-corrected chi connectivity index (χ3v) is 5.10. The maximum absolute atomic E-state index is 6.20. The first-order valence-corrected chi connectivity index (χ1v) is 8.46. The first-order valence-electron chi connectivity index (χ1n) is 6.41. The molecule has 0 saturated carbocycles. The molecule has 0 aliphatic rings. The van der Waals surface area contributed by atoms with Crippen molar-refractivity contribution in [2.45, 2.75) is 25.8 Å². The molecule has 1 aromatic heterocycles. The number of rotatable bonds is 6. The lowest BCUT2D eigenvalue weighted by atomic mass is 10.0. The molecule has 0 bridgehead atoms. The summed E-state index contributed by atoms with van der Waals surface area (Å²) < 4.78 is 0.947. The molecule has 1 heterocycles. The van der Waals surface area contributed by atoms with Gasteiger partial charge in [0.2, 0.25) is 0 Å². The summed E-state index contributed by atoms with van der Waals surface area (Å²) in [7, 11) is 0. The van der Waals surface area contributed by atoms with Crippen molar-refractivity contribution in [1.82, 2.24) is 5.32 Å². The molecule has 1 aromatic carbocycles. The van der Waals surface area contributed by atoms with Gasteiger partial charge in [0.15, 0.2) is 0 Å². The monoisotopic (exact) mass is 357 g/mol. The standard InChI is InChI=1S/C15H17BrClNS/c1-2-7-18-15(10-12-4-3-8-19-12)11-5-6-13(16)14(17)9-11/h3-6,8-9,15,18H,2,7,10H2,1H3. The van der Waals surface area contributed by atoms with Gasteiger partial charge in [0.25, 0.3) is 0 Å². The Morgan fingerprint density at radius 2 is 2.21 bits per heavy atom. The summed E-state index contributed by atoms with van der Waals surface area (Å²) in [5.41, 5.74) is 1.25. The van der Waals surface area contributed by atoms with E-state index in [-0.39, 0.29) is 0 Å². The summed E-state index contributed by atoms with van der Waals surface area (Å²) in [6, 6.07) is 10.8. The average Bonchev–Trinajstić information content (AvgIpc) is 2.91. The van der Waals surface area contributed by atoms with Crippen molar-refractivity contribution in [2.75, 3.05) is 6.54 Å². The molecule has 0 radical (unpaired) electrons. The van der Waals surface area contributed by atoms with Crippen molar-refractivity contribution in [3.8, 4) is 0 Å². The lowest BCUT2D eigenvalue weighted by Crippen LogP contribution is -2.23. The van der Waals surface area contributed by atoms with Crippen molar-refractivity contribution in [3.05, 3.63) is 55.6 Å². The molecular weight excluding hydrogens is 342 g/mol. The summed E-state index contributed by atoms with van der Waals surface area (Å²) in [6.45, 7) is 3.20. The summed E-state index contributed by atoms with van der Waals surface area (Å²) in [4.78, 5) is 1.40. The number of hydrogen-bond acceptors (Lipinski definition) is 2. The Hall–Kier alpha value is -0.350. The molecule has 4 heteroatoms. The van der Waals surface area contributed by atoms with E-state index in [1.165, 1.54) is 10.4 Å². The van der Waals surface area contributed by atoms with Crippen LogP contribution in [0.5, 0.6) is 0 Å². The third-order valence-electron chi connectivity index (χ3n) is 2.97. The van der Waals surface area contributed by atoms with Gasteiger partial charge in [-0.3, -0.25) is 0 Å². The zero-order valence-electron chi connectivity index (χ0n) is 10.8. The minimum atomic E-state index is 0.323. The van der Waals surface area contributed by atoms with Crippen LogP contribution in [0.15, 0.2) is 40.2 Å². The van der Waals surface area contributed by atoms with Crippen LogP contribution >= 0.6 is 38.9 Å². The zero-order chi connectivity index (χ0) is 13.7. The second kappa shape index (κ2) is 7.44. The molecule has 0 aliphatic carbocycles. The van der Waals surface area contributed by atoms with Crippen LogP contribution in [0.2, 0.25) is 5.02 Å². The molecule has 1 unspecified atom stereocenters. The van der Waals surface area contributed by atoms with Crippen molar-refractivity contribution >= 4 is 38.9 Å². The number of thiophene rings is 1. The van der Waals surface area contributed by atoms with E-state index in [1.54, 1.807) is 11.3 Å². The molecule has 1 atom stereocenters. The third kappa shape index (κ3) is 4.32. The van der Waals surface area contributed by atoms with Gasteiger partial charge >= 0.3 is 0 Å². The van der Waals surface area contributed by atoms with Crippen LogP contribution in [0.3, 0.4) is 0 Å². The SMILES string of the molecule is CCCNC(Cc1cccs1)c1ccc(Br)c(Cl)c1. The van der Waals surface area contributed by atoms with Crippen molar-refractivity contribution in [1.29, 1.82) is 0 Å². The van der Waals surface area contributed by atoms with Gasteiger partial charge in [-0.05, 0) is 58.0 Å². The molecule has 2 aromatic rings. The fraction of sp³-hybridized carbons (Fsp3) is 0.333. The summed E-state index contributed by atoms with van der Waals surface area (Å²) in [5, 5.41) is 6.50. The molecule has 102 valence electrons. The van der Waals surface area contributed by atoms with E-state index in [9.17, 15) is 0 Å². The smallest absolute Gasteiger partial charge is 0.0551 e. The maximum Gasteiger partial charge on any atom is 0.0551 e. The Bertz CT molecular complexity index is 513. The number of benzene rings is 1. The number of halogens is 2. The van der Waals surface area contributed by atoms with Crippen LogP contribution in [0.25, 0.3) is 0 Å². The lowest BCUT2D eigenvalue weighted by Gasteiger charge is -2.19. The molecule has 0 spiro atoms. The van der Waals surface area contributed by atoms with Gasteiger partial charge in [-0.15, -0.1) is 11.3 Å². The van der Waals surface area contributed by atoms with Crippen molar-refractivity contribution in [2.24, 2.45) is 0 Å². The highest BCUT2D eigenvalue weighted by Crippen LogP contribution is 2.28. The van der Waals surface area contributed by atoms with Gasteiger partial charge in [0, 0.05) is 21.8 Å². The first-order chi connectivity index (χ1) is 9.20. The lowest BCUT2D eigenvalue weighted by molar-refractivity contribution is 0.532. The van der Waals surface area contributed by atoms with Crippen LogP contribution in [-0.4, -0.2) is 6.54 Å². The van der Waals surface area contributed by atoms with Crippen LogP contribution in [0.1, 0.15) is 29.8 Å². The van der Waals surface area contributed by atoms with Crippen molar-refractivity contribution in [3.63, 3.8) is 0 Å². The maximum atomic E-state index is 6.20. The molecule has 19 heavy (non-hydrogen) atoms. The quantitative estimate of drug-likeness (QED) is 0.724. The predicted octanol–water partition coefficient (Wildman–Crippen LogP) is 5.45. The van der Waals surface area contributed by atoms with Crippen LogP contribution < -0.4 is 5.32 Å². The highest BCUT2D eigenvalue weighted by Gasteiger charge is 2.13. The predicted molar refractivity (Wildman–Crippen MR) is 88.2 cm³/mol. The zero-order valence-corrected chi connectivity index (χ0v) is 14.0. The Kier molecular flexibility index (Phi) is 5.89. The molecule has 0 amide bonds. The molecule has 0 saturated heterocycles. The topological polar surface area (TPSA) is 12.0 Å². The fourth-order valence-electron chi connectivity index (χ4n) is 1.99. The number of hydrogen-bond donors (Lipinski definition) is 1. The van der Waals surface area contributed by atoms with E-state index in [1.807, 2.05) is 12.1 Å². The van der Waals surface area contributed by atoms with E-state index < -0.39 is 0 Å². The van der Waals surface area contributed by atoms with E-state index in [0.717, 1.165) is 28.9 Å². The Balaban J connectivity index is 2.18. The molecule has 0 fully saturated rings. The molecule has 1 N–H and O–H groups in total. The average molecular weight is 359 g/mol. The van der Waals surface area contributed by atoms with Gasteiger partial charge in [-0.25, -0.2) is 0 Å². The van der Waals surface area contributed by atoms with Gasteiger partial charge in [0.1, 0.15) is 0 Å². The Labute approximate surface area is 132 Å². The molecular formula is C15H17BrClNS. The van der Waals surface area contributed by atoms with Crippen LogP contribution in [0.4, 0.5) is 0 Å². The molecule has 1 nitrogen and oxygen atoms in total. The number of nitrogens with one attached hydrogen (secondary N) is 1. The normalized spacial score (nSPS) is 12.6. The van der Waals surface area contributed by atoms with Gasteiger partial charge in [0.05, 0.1) is 5.02 Å². The van der Waals surface area contributed by atoms with E-state index in [2.05, 4.69) is 51.7 Å². The second-order valence-electron chi connectivity index (χ2n) is 4.46. The fourth-order valence-corrected chi connectivity index (χ4v) is 3.17. The summed E-state index contributed by atoms with van der Waals surface area (Å²) >= 11 is 11.4. The summed E-state index contributed by atoms with van der Waals surface area (Å²) in [6.07, 6.45) is 2.14. The van der Waals surface area contributed by atoms with Gasteiger partial charge < -0.3 is 5.32 Å². The minimum Gasteiger partial charge on any atom is -0.310 e. The van der Waals surface area contributed by atoms with Crippen LogP contribution in [0, 0.1) is 0 Å². The van der Waals surface area contributed by atoms with Crippen molar-refractivity contribution < 1.29 is 0 Å². The highest BCUT2D eigenvalue weighted by molar-refractivity contribution is 9.10. The van der Waals surface area contributed by atoms with E-state index in [4.69, 9.17) is 11.6 Å². The molecule has 0 aliphatic heterocycles. The molecule has 2 rings (SSSR count). The van der Waals surface area contributed by atoms with Crippen LogP contribution in [-0.2, 0) is 6.42 Å². The highest BCUT2D eigenvalue weighted by atomic mass is 79.9. The van der Waals surface area contributed by atoms with Gasteiger partial charge in [-0.2, -0.15) is 0 Å². The summed E-state index contributed by atoms with van der Waals surface area (Å²) in [5.74, 6) is 0. The minimum absolute atomic E-state index is 0.323. The second-order valence-corrected chi connectivity index (χ2v) is 6.76. The Morgan fingerprint density at radius 3 is 2.84 bits per heavy atom. The largest absolute Gasteiger partial charge is 0.310 e. The Morgan fingerprint density at radius 1 is 1.37 bits per heavy atom. The van der Waals surface area contributed by atoms with E-state index >= 15 is 0 Å². The van der Waals surface area contributed by atoms with E-state index in [0.29, 0.717) is 6.04 Å².